The lowest BCUT2D eigenvalue weighted by molar-refractivity contribution is -0.133. The van der Waals surface area contributed by atoms with Crippen LogP contribution in [0.1, 0.15) is 31.1 Å². The van der Waals surface area contributed by atoms with Gasteiger partial charge >= 0.3 is 0 Å². The van der Waals surface area contributed by atoms with Crippen molar-refractivity contribution in [3.63, 3.8) is 0 Å². The second-order valence-corrected chi connectivity index (χ2v) is 6.99. The van der Waals surface area contributed by atoms with E-state index in [1.165, 1.54) is 4.88 Å². The van der Waals surface area contributed by atoms with Crippen LogP contribution in [0.3, 0.4) is 0 Å². The summed E-state index contributed by atoms with van der Waals surface area (Å²) in [5.74, 6) is 0.869. The van der Waals surface area contributed by atoms with Crippen LogP contribution in [0, 0.1) is 5.92 Å². The molecule has 2 heterocycles. The van der Waals surface area contributed by atoms with Crippen LogP contribution in [-0.2, 0) is 11.3 Å². The van der Waals surface area contributed by atoms with Crippen LogP contribution < -0.4 is 5.73 Å². The Bertz CT molecular complexity index is 413. The Morgan fingerprint density at radius 2 is 2.10 bits per heavy atom. The average molecular weight is 309 g/mol. The molecule has 1 atom stereocenters. The molecule has 0 saturated carbocycles. The summed E-state index contributed by atoms with van der Waals surface area (Å²) < 4.78 is 0. The number of nitrogens with two attached hydrogens (primary N) is 1. The maximum Gasteiger partial charge on any atom is 0.222 e. The Morgan fingerprint density at radius 1 is 1.33 bits per heavy atom. The Hall–Kier alpha value is -0.910. The molecule has 1 fully saturated rings. The molecule has 1 unspecified atom stereocenters. The number of amides is 1. The Labute approximate surface area is 131 Å². The zero-order valence-corrected chi connectivity index (χ0v) is 13.8. The summed E-state index contributed by atoms with van der Waals surface area (Å²) in [6, 6.07) is 4.28. The molecule has 1 amide bonds. The highest BCUT2D eigenvalue weighted by atomic mass is 32.1. The van der Waals surface area contributed by atoms with Crippen LogP contribution in [0.5, 0.6) is 0 Å². The molecular formula is C16H27N3OS. The van der Waals surface area contributed by atoms with Crippen molar-refractivity contribution >= 4 is 17.2 Å². The molecule has 1 aliphatic rings. The third-order valence-corrected chi connectivity index (χ3v) is 5.06. The number of piperazine rings is 1. The number of hydrogen-bond donors (Lipinski definition) is 1. The highest BCUT2D eigenvalue weighted by molar-refractivity contribution is 7.09. The predicted octanol–water partition coefficient (Wildman–Crippen LogP) is 2.16. The van der Waals surface area contributed by atoms with Crippen molar-refractivity contribution in [2.75, 3.05) is 32.7 Å². The van der Waals surface area contributed by atoms with Crippen molar-refractivity contribution in [3.05, 3.63) is 22.4 Å². The maximum absolute atomic E-state index is 12.2. The van der Waals surface area contributed by atoms with Gasteiger partial charge in [-0.1, -0.05) is 13.0 Å². The summed E-state index contributed by atoms with van der Waals surface area (Å²) >= 11 is 1.81. The standard InChI is InChI=1S/C16H27N3OS/c1-14(6-7-17)4-5-16(20)19-10-8-18(9-11-19)13-15-3-2-12-21-15/h2-3,12,14H,4-11,13,17H2,1H3. The van der Waals surface area contributed by atoms with Gasteiger partial charge in [-0.15, -0.1) is 11.3 Å². The molecule has 118 valence electrons. The summed E-state index contributed by atoms with van der Waals surface area (Å²) in [6.45, 7) is 7.64. The molecule has 2 N–H and O–H groups in total. The fourth-order valence-corrected chi connectivity index (χ4v) is 3.48. The van der Waals surface area contributed by atoms with Crippen LogP contribution in [0.4, 0.5) is 0 Å². The summed E-state index contributed by atoms with van der Waals surface area (Å²) in [5, 5.41) is 2.12. The van der Waals surface area contributed by atoms with E-state index in [-0.39, 0.29) is 0 Å². The van der Waals surface area contributed by atoms with Crippen LogP contribution in [0.2, 0.25) is 0 Å². The number of hydrogen-bond acceptors (Lipinski definition) is 4. The second-order valence-electron chi connectivity index (χ2n) is 5.96. The van der Waals surface area contributed by atoms with E-state index in [0.717, 1.165) is 52.1 Å². The predicted molar refractivity (Wildman–Crippen MR) is 88.2 cm³/mol. The minimum atomic E-state index is 0.314. The first-order valence-electron chi connectivity index (χ1n) is 7.91. The lowest BCUT2D eigenvalue weighted by Gasteiger charge is -2.34. The van der Waals surface area contributed by atoms with E-state index in [9.17, 15) is 4.79 Å². The normalized spacial score (nSPS) is 17.9. The van der Waals surface area contributed by atoms with Gasteiger partial charge in [-0.05, 0) is 36.8 Å². The second kappa shape index (κ2) is 8.51. The minimum absolute atomic E-state index is 0.314. The molecular weight excluding hydrogens is 282 g/mol. The topological polar surface area (TPSA) is 49.6 Å². The van der Waals surface area contributed by atoms with Gasteiger partial charge in [-0.25, -0.2) is 0 Å². The first kappa shape index (κ1) is 16.5. The summed E-state index contributed by atoms with van der Waals surface area (Å²) in [5.41, 5.74) is 5.55. The highest BCUT2D eigenvalue weighted by Crippen LogP contribution is 2.15. The minimum Gasteiger partial charge on any atom is -0.340 e. The third kappa shape index (κ3) is 5.41. The molecule has 4 nitrogen and oxygen atoms in total. The van der Waals surface area contributed by atoms with Crippen molar-refractivity contribution < 1.29 is 4.79 Å². The fourth-order valence-electron chi connectivity index (χ4n) is 2.74. The number of rotatable bonds is 7. The van der Waals surface area contributed by atoms with Crippen molar-refractivity contribution in [2.45, 2.75) is 32.7 Å². The van der Waals surface area contributed by atoms with Crippen molar-refractivity contribution in [2.24, 2.45) is 11.7 Å². The van der Waals surface area contributed by atoms with E-state index in [2.05, 4.69) is 29.3 Å². The highest BCUT2D eigenvalue weighted by Gasteiger charge is 2.21. The van der Waals surface area contributed by atoms with Gasteiger partial charge in [0.15, 0.2) is 0 Å². The van der Waals surface area contributed by atoms with Gasteiger partial charge in [0.1, 0.15) is 0 Å². The van der Waals surface area contributed by atoms with Crippen LogP contribution in [-0.4, -0.2) is 48.4 Å². The molecule has 1 saturated heterocycles. The SMILES string of the molecule is CC(CCN)CCC(=O)N1CCN(Cc2cccs2)CC1. The van der Waals surface area contributed by atoms with Gasteiger partial charge in [0.25, 0.3) is 0 Å². The molecule has 21 heavy (non-hydrogen) atoms. The molecule has 0 spiro atoms. The van der Waals surface area contributed by atoms with Crippen molar-refractivity contribution in [1.29, 1.82) is 0 Å². The quantitative estimate of drug-likeness (QED) is 0.839. The molecule has 2 rings (SSSR count). The van der Waals surface area contributed by atoms with Crippen LogP contribution >= 0.6 is 11.3 Å². The van der Waals surface area contributed by atoms with E-state index in [1.54, 1.807) is 0 Å². The van der Waals surface area contributed by atoms with Crippen molar-refractivity contribution in [3.8, 4) is 0 Å². The molecule has 0 aromatic carbocycles. The number of carbonyl (C=O) groups is 1. The smallest absolute Gasteiger partial charge is 0.222 e. The first-order valence-corrected chi connectivity index (χ1v) is 8.79. The largest absolute Gasteiger partial charge is 0.340 e. The number of thiophene rings is 1. The Morgan fingerprint density at radius 3 is 2.71 bits per heavy atom. The molecule has 0 bridgehead atoms. The van der Waals surface area contributed by atoms with Gasteiger partial charge in [0, 0.05) is 44.0 Å². The zero-order chi connectivity index (χ0) is 15.1. The lowest BCUT2D eigenvalue weighted by Crippen LogP contribution is -2.48. The van der Waals surface area contributed by atoms with Gasteiger partial charge in [0.05, 0.1) is 0 Å². The average Bonchev–Trinajstić information content (AvgIpc) is 2.99. The molecule has 5 heteroatoms. The van der Waals surface area contributed by atoms with E-state index in [4.69, 9.17) is 5.73 Å². The number of nitrogens with zero attached hydrogens (tertiary/aromatic N) is 2. The number of carbonyl (C=O) groups excluding carboxylic acids is 1. The molecule has 1 aromatic heterocycles. The molecule has 1 aromatic rings. The maximum atomic E-state index is 12.2. The van der Waals surface area contributed by atoms with E-state index >= 15 is 0 Å². The van der Waals surface area contributed by atoms with Crippen LogP contribution in [0.15, 0.2) is 17.5 Å². The Kier molecular flexibility index (Phi) is 6.67. The third-order valence-electron chi connectivity index (χ3n) is 4.20. The van der Waals surface area contributed by atoms with Crippen LogP contribution in [0.25, 0.3) is 0 Å². The van der Waals surface area contributed by atoms with Gasteiger partial charge < -0.3 is 10.6 Å². The monoisotopic (exact) mass is 309 g/mol. The Balaban J connectivity index is 1.67. The summed E-state index contributed by atoms with van der Waals surface area (Å²) in [4.78, 5) is 18.1. The van der Waals surface area contributed by atoms with Gasteiger partial charge in [-0.2, -0.15) is 0 Å². The molecule has 0 radical (unpaired) electrons. The summed E-state index contributed by atoms with van der Waals surface area (Å²) in [7, 11) is 0. The molecule has 1 aliphatic heterocycles. The summed E-state index contributed by atoms with van der Waals surface area (Å²) in [6.07, 6.45) is 2.65. The molecule has 0 aliphatic carbocycles. The van der Waals surface area contributed by atoms with E-state index in [0.29, 0.717) is 18.2 Å². The zero-order valence-electron chi connectivity index (χ0n) is 13.0. The van der Waals surface area contributed by atoms with Crippen molar-refractivity contribution in [1.82, 2.24) is 9.80 Å². The van der Waals surface area contributed by atoms with E-state index < -0.39 is 0 Å². The van der Waals surface area contributed by atoms with Gasteiger partial charge in [-0.3, -0.25) is 9.69 Å². The van der Waals surface area contributed by atoms with Gasteiger partial charge in [0.2, 0.25) is 5.91 Å². The first-order chi connectivity index (χ1) is 10.2. The van der Waals surface area contributed by atoms with E-state index in [1.807, 2.05) is 16.2 Å². The lowest BCUT2D eigenvalue weighted by atomic mass is 10.0. The fraction of sp³-hybridized carbons (Fsp3) is 0.688.